The average molecular weight is 813 g/mol. The van der Waals surface area contributed by atoms with Gasteiger partial charge in [-0.1, -0.05) is 12.2 Å². The second-order valence-electron chi connectivity index (χ2n) is 16.2. The number of ether oxygens (including phenoxy) is 5. The number of benzene rings is 1. The number of amides is 4. The number of morpholine rings is 1. The summed E-state index contributed by atoms with van der Waals surface area (Å²) in [5, 5.41) is 6.42. The molecule has 0 unspecified atom stereocenters. The van der Waals surface area contributed by atoms with Gasteiger partial charge in [-0.15, -0.1) is 0 Å². The Kier molecular flexibility index (Phi) is 11.6. The Balaban J connectivity index is 1.21. The van der Waals surface area contributed by atoms with Crippen molar-refractivity contribution in [3.8, 4) is 11.6 Å². The van der Waals surface area contributed by atoms with Crippen LogP contribution in [0.15, 0.2) is 36.4 Å². The Labute approximate surface area is 332 Å². The van der Waals surface area contributed by atoms with Crippen LogP contribution in [0.5, 0.6) is 11.6 Å². The summed E-state index contributed by atoms with van der Waals surface area (Å²) in [4.78, 5) is 64.3. The summed E-state index contributed by atoms with van der Waals surface area (Å²) >= 11 is 0. The van der Waals surface area contributed by atoms with E-state index in [0.29, 0.717) is 68.4 Å². The largest absolute Gasteiger partial charge is 0.497 e. The van der Waals surface area contributed by atoms with Crippen molar-refractivity contribution in [2.45, 2.75) is 93.9 Å². The molecular formula is C39H52N6O11S. The zero-order valence-corrected chi connectivity index (χ0v) is 33.6. The monoisotopic (exact) mass is 812 g/mol. The summed E-state index contributed by atoms with van der Waals surface area (Å²) < 4.78 is 56.9. The number of anilines is 1. The second-order valence-corrected chi connectivity index (χ2v) is 18.2. The molecule has 1 aromatic carbocycles. The number of hydrogen-bond donors (Lipinski definition) is 3. The molecule has 17 nitrogen and oxygen atoms in total. The first-order chi connectivity index (χ1) is 27.2. The number of pyridine rings is 1. The van der Waals surface area contributed by atoms with Gasteiger partial charge in [0, 0.05) is 37.4 Å². The van der Waals surface area contributed by atoms with E-state index in [2.05, 4.69) is 20.3 Å². The molecule has 2 aliphatic carbocycles. The maximum absolute atomic E-state index is 14.6. The number of sulfonamides is 1. The molecule has 1 aromatic heterocycles. The molecule has 4 heterocycles. The molecule has 2 saturated heterocycles. The average Bonchev–Trinajstić information content (AvgIpc) is 4.09. The molecule has 18 heteroatoms. The fourth-order valence-corrected chi connectivity index (χ4v) is 8.89. The van der Waals surface area contributed by atoms with Crippen molar-refractivity contribution in [2.75, 3.05) is 58.1 Å². The van der Waals surface area contributed by atoms with Gasteiger partial charge in [0.15, 0.2) is 0 Å². The van der Waals surface area contributed by atoms with E-state index in [1.807, 2.05) is 18.2 Å². The summed E-state index contributed by atoms with van der Waals surface area (Å²) in [6.45, 7) is 7.86. The van der Waals surface area contributed by atoms with E-state index in [-0.39, 0.29) is 39.0 Å². The molecule has 2 aromatic rings. The van der Waals surface area contributed by atoms with Gasteiger partial charge in [-0.2, -0.15) is 4.98 Å². The summed E-state index contributed by atoms with van der Waals surface area (Å²) in [5.41, 5.74) is -2.41. The number of carbonyl (C=O) groups is 4. The van der Waals surface area contributed by atoms with Crippen LogP contribution in [-0.4, -0.2) is 130 Å². The van der Waals surface area contributed by atoms with Gasteiger partial charge in [0.05, 0.1) is 38.7 Å². The van der Waals surface area contributed by atoms with E-state index in [0.717, 1.165) is 5.39 Å². The summed E-state index contributed by atoms with van der Waals surface area (Å²) in [6, 6.07) is 5.23. The SMILES string of the molecule is COc1ccc2c(O[C@@H]3C[C@H]4C(=O)N[C@]5(C(=O)NS(=O)(=O)C6CC6)C[C@H]5/C=C\COCCC[C@H](NC(=O)OC(C)(C)C)C(=O)N4C3)nc(N3CCOCC3)cc2c1. The normalized spacial score (nSPS) is 27.9. The number of aromatic nitrogens is 1. The van der Waals surface area contributed by atoms with Crippen LogP contribution in [0.2, 0.25) is 0 Å². The van der Waals surface area contributed by atoms with Crippen LogP contribution < -0.4 is 29.7 Å². The highest BCUT2D eigenvalue weighted by Crippen LogP contribution is 2.46. The minimum absolute atomic E-state index is 0.0134. The minimum atomic E-state index is -3.93. The zero-order valence-electron chi connectivity index (χ0n) is 32.8. The molecule has 7 rings (SSSR count). The molecule has 57 heavy (non-hydrogen) atoms. The molecule has 0 radical (unpaired) electrons. The summed E-state index contributed by atoms with van der Waals surface area (Å²) in [6.07, 6.45) is 3.58. The van der Waals surface area contributed by atoms with Crippen LogP contribution in [0, 0.1) is 5.92 Å². The van der Waals surface area contributed by atoms with Crippen LogP contribution in [-0.2, 0) is 38.6 Å². The molecular weight excluding hydrogens is 761 g/mol. The maximum atomic E-state index is 14.6. The molecule has 3 N–H and O–H groups in total. The third kappa shape index (κ3) is 9.39. The molecule has 4 fully saturated rings. The number of fused-ring (bicyclic) bond motifs is 3. The highest BCUT2D eigenvalue weighted by atomic mass is 32.2. The van der Waals surface area contributed by atoms with Gasteiger partial charge in [-0.3, -0.25) is 19.1 Å². The lowest BCUT2D eigenvalue weighted by atomic mass is 10.1. The Morgan fingerprint density at radius 3 is 2.54 bits per heavy atom. The third-order valence-corrected chi connectivity index (χ3v) is 12.6. The topological polar surface area (TPSA) is 204 Å². The second kappa shape index (κ2) is 16.3. The number of nitrogens with zero attached hydrogens (tertiary/aromatic N) is 3. The van der Waals surface area contributed by atoms with Gasteiger partial charge in [-0.25, -0.2) is 13.2 Å². The first kappa shape index (κ1) is 40.5. The van der Waals surface area contributed by atoms with Crippen LogP contribution in [0.1, 0.15) is 59.3 Å². The Hall–Kier alpha value is -4.68. The Bertz CT molecular complexity index is 2010. The van der Waals surface area contributed by atoms with Crippen LogP contribution in [0.4, 0.5) is 10.6 Å². The van der Waals surface area contributed by atoms with E-state index < -0.39 is 74.3 Å². The first-order valence-corrected chi connectivity index (χ1v) is 21.1. The van der Waals surface area contributed by atoms with Crippen LogP contribution in [0.25, 0.3) is 10.8 Å². The number of hydrogen-bond acceptors (Lipinski definition) is 13. The lowest BCUT2D eigenvalue weighted by Crippen LogP contribution is -2.58. The van der Waals surface area contributed by atoms with E-state index in [4.69, 9.17) is 28.7 Å². The minimum Gasteiger partial charge on any atom is -0.497 e. The fourth-order valence-electron chi connectivity index (χ4n) is 7.53. The van der Waals surface area contributed by atoms with Crippen molar-refractivity contribution >= 4 is 50.4 Å². The molecule has 3 aliphatic heterocycles. The Morgan fingerprint density at radius 1 is 1.05 bits per heavy atom. The molecule has 2 saturated carbocycles. The van der Waals surface area contributed by atoms with Crippen molar-refractivity contribution in [1.82, 2.24) is 25.2 Å². The van der Waals surface area contributed by atoms with Gasteiger partial charge >= 0.3 is 6.09 Å². The van der Waals surface area contributed by atoms with Crippen molar-refractivity contribution in [2.24, 2.45) is 5.92 Å². The predicted molar refractivity (Wildman–Crippen MR) is 207 cm³/mol. The number of alkyl carbamates (subject to hydrolysis) is 1. The van der Waals surface area contributed by atoms with E-state index in [9.17, 15) is 27.6 Å². The standard InChI is InChI=1S/C39H52N6O11S/c1-38(2,3)56-37(49)40-30-8-6-16-53-15-5-7-25-22-39(25,36(48)43-57(50,51)28-10-11-28)42-33(46)31-21-27(23-45(31)35(30)47)55-34-29-12-9-26(52-4)19-24(29)20-32(41-34)44-13-17-54-18-14-44/h5,7,9,12,19-20,25,27-28,30-31H,6,8,10-11,13-18,21-23H2,1-4H3,(H,40,49)(H,42,46)(H,43,48)/b7-5-/t25-,27-,30+,31+,39-/m1/s1. The molecule has 310 valence electrons. The Morgan fingerprint density at radius 2 is 1.82 bits per heavy atom. The number of nitrogens with one attached hydrogen (secondary N) is 3. The van der Waals surface area contributed by atoms with E-state index >= 15 is 0 Å². The van der Waals surface area contributed by atoms with E-state index in [1.54, 1.807) is 46.1 Å². The number of methoxy groups -OCH3 is 1. The highest BCUT2D eigenvalue weighted by molar-refractivity contribution is 7.91. The van der Waals surface area contributed by atoms with Crippen molar-refractivity contribution in [1.29, 1.82) is 0 Å². The van der Waals surface area contributed by atoms with Gasteiger partial charge in [0.1, 0.15) is 40.9 Å². The van der Waals surface area contributed by atoms with Crippen molar-refractivity contribution in [3.05, 3.63) is 36.4 Å². The summed E-state index contributed by atoms with van der Waals surface area (Å²) in [7, 11) is -2.34. The molecule has 5 atom stereocenters. The smallest absolute Gasteiger partial charge is 0.408 e. The molecule has 5 aliphatic rings. The first-order valence-electron chi connectivity index (χ1n) is 19.6. The lowest BCUT2D eigenvalue weighted by Gasteiger charge is -2.30. The lowest BCUT2D eigenvalue weighted by molar-refractivity contribution is -0.141. The van der Waals surface area contributed by atoms with Crippen molar-refractivity contribution < 1.29 is 51.3 Å². The third-order valence-electron chi connectivity index (χ3n) is 10.8. The van der Waals surface area contributed by atoms with Crippen LogP contribution >= 0.6 is 0 Å². The number of rotatable bonds is 8. The van der Waals surface area contributed by atoms with Gasteiger partial charge in [0.25, 0.3) is 5.91 Å². The maximum Gasteiger partial charge on any atom is 0.408 e. The predicted octanol–water partition coefficient (Wildman–Crippen LogP) is 2.17. The zero-order chi connectivity index (χ0) is 40.5. The van der Waals surface area contributed by atoms with E-state index in [1.165, 1.54) is 4.90 Å². The van der Waals surface area contributed by atoms with Crippen LogP contribution in [0.3, 0.4) is 0 Å². The highest BCUT2D eigenvalue weighted by Gasteiger charge is 2.62. The van der Waals surface area contributed by atoms with Gasteiger partial charge in [0.2, 0.25) is 27.7 Å². The molecule has 4 amide bonds. The summed E-state index contributed by atoms with van der Waals surface area (Å²) in [5.74, 6) is -0.941. The molecule has 0 spiro atoms. The van der Waals surface area contributed by atoms with Gasteiger partial charge in [-0.05, 0) is 82.5 Å². The molecule has 0 bridgehead atoms. The fraction of sp³-hybridized carbons (Fsp3) is 0.615. The number of carbonyl (C=O) groups excluding carboxylic acids is 4. The van der Waals surface area contributed by atoms with Gasteiger partial charge < -0.3 is 44.1 Å². The van der Waals surface area contributed by atoms with Crippen molar-refractivity contribution in [3.63, 3.8) is 0 Å². The quantitative estimate of drug-likeness (QED) is 0.328.